The lowest BCUT2D eigenvalue weighted by Crippen LogP contribution is -2.44. The summed E-state index contributed by atoms with van der Waals surface area (Å²) >= 11 is 0. The highest BCUT2D eigenvalue weighted by Crippen LogP contribution is 2.42. The van der Waals surface area contributed by atoms with Crippen molar-refractivity contribution in [1.82, 2.24) is 4.31 Å². The van der Waals surface area contributed by atoms with Gasteiger partial charge in [-0.05, 0) is 61.1 Å². The van der Waals surface area contributed by atoms with Crippen molar-refractivity contribution in [3.63, 3.8) is 0 Å². The maximum absolute atomic E-state index is 13.0. The fourth-order valence-electron chi connectivity index (χ4n) is 4.30. The molecule has 0 aromatic heterocycles. The van der Waals surface area contributed by atoms with Gasteiger partial charge in [0.2, 0.25) is 10.0 Å². The summed E-state index contributed by atoms with van der Waals surface area (Å²) in [7, 11) is -1.86. The molecule has 27 heavy (non-hydrogen) atoms. The highest BCUT2D eigenvalue weighted by molar-refractivity contribution is 7.89. The van der Waals surface area contributed by atoms with Crippen molar-refractivity contribution in [2.75, 3.05) is 38.2 Å². The first-order valence-corrected chi connectivity index (χ1v) is 10.9. The van der Waals surface area contributed by atoms with Gasteiger partial charge in [0, 0.05) is 31.9 Å². The van der Waals surface area contributed by atoms with Gasteiger partial charge in [0.15, 0.2) is 0 Å². The number of piperidine rings is 1. The zero-order chi connectivity index (χ0) is 18.9. The van der Waals surface area contributed by atoms with Crippen molar-refractivity contribution in [1.29, 1.82) is 0 Å². The first kappa shape index (κ1) is 18.3. The minimum Gasteiger partial charge on any atom is -0.497 e. The van der Waals surface area contributed by atoms with E-state index in [1.54, 1.807) is 35.7 Å². The minimum absolute atomic E-state index is 0.238. The molecule has 6 heteroatoms. The molecule has 2 aliphatic heterocycles. The van der Waals surface area contributed by atoms with E-state index in [9.17, 15) is 8.42 Å². The molecule has 0 unspecified atom stereocenters. The number of sulfonamides is 1. The van der Waals surface area contributed by atoms with Crippen LogP contribution in [0.4, 0.5) is 5.69 Å². The predicted octanol–water partition coefficient (Wildman–Crippen LogP) is 3.38. The fourth-order valence-corrected chi connectivity index (χ4v) is 5.74. The summed E-state index contributed by atoms with van der Waals surface area (Å²) < 4.78 is 32.7. The molecule has 0 N–H and O–H groups in total. The standard InChI is InChI=1S/C21H26N2O3S/c1-26-19-7-9-20(10-8-19)27(24,25)23-15-12-21(13-16-23)11-14-22(17-21)18-5-3-2-4-6-18/h2-10H,11-17H2,1H3. The van der Waals surface area contributed by atoms with Gasteiger partial charge in [-0.3, -0.25) is 0 Å². The number of nitrogens with zero attached hydrogens (tertiary/aromatic N) is 2. The topological polar surface area (TPSA) is 49.9 Å². The third-order valence-electron chi connectivity index (χ3n) is 6.04. The number of hydrogen-bond acceptors (Lipinski definition) is 4. The lowest BCUT2D eigenvalue weighted by atomic mass is 9.78. The van der Waals surface area contributed by atoms with Gasteiger partial charge in [-0.1, -0.05) is 18.2 Å². The highest BCUT2D eigenvalue weighted by atomic mass is 32.2. The van der Waals surface area contributed by atoms with E-state index in [0.29, 0.717) is 23.7 Å². The van der Waals surface area contributed by atoms with Crippen LogP contribution in [0.2, 0.25) is 0 Å². The van der Waals surface area contributed by atoms with Crippen LogP contribution in [0, 0.1) is 5.41 Å². The Kier molecular flexibility index (Phi) is 4.86. The molecule has 0 radical (unpaired) electrons. The Bertz CT molecular complexity index is 873. The predicted molar refractivity (Wildman–Crippen MR) is 107 cm³/mol. The van der Waals surface area contributed by atoms with Gasteiger partial charge < -0.3 is 9.64 Å². The minimum atomic E-state index is -3.43. The van der Waals surface area contributed by atoms with Gasteiger partial charge in [0.25, 0.3) is 0 Å². The molecular weight excluding hydrogens is 360 g/mol. The van der Waals surface area contributed by atoms with E-state index < -0.39 is 10.0 Å². The van der Waals surface area contributed by atoms with Crippen LogP contribution in [0.25, 0.3) is 0 Å². The van der Waals surface area contributed by atoms with Crippen molar-refractivity contribution in [3.8, 4) is 5.75 Å². The number of methoxy groups -OCH3 is 1. The monoisotopic (exact) mass is 386 g/mol. The van der Waals surface area contributed by atoms with Crippen LogP contribution >= 0.6 is 0 Å². The zero-order valence-corrected chi connectivity index (χ0v) is 16.5. The molecule has 0 amide bonds. The lowest BCUT2D eigenvalue weighted by molar-refractivity contribution is 0.177. The third-order valence-corrected chi connectivity index (χ3v) is 7.95. The summed E-state index contributed by atoms with van der Waals surface area (Å²) in [6, 6.07) is 17.2. The van der Waals surface area contributed by atoms with E-state index in [-0.39, 0.29) is 5.41 Å². The molecule has 5 nitrogen and oxygen atoms in total. The Morgan fingerprint density at radius 2 is 1.52 bits per heavy atom. The van der Waals surface area contributed by atoms with Gasteiger partial charge >= 0.3 is 0 Å². The van der Waals surface area contributed by atoms with Crippen molar-refractivity contribution < 1.29 is 13.2 Å². The summed E-state index contributed by atoms with van der Waals surface area (Å²) in [5.41, 5.74) is 1.50. The van der Waals surface area contributed by atoms with Crippen LogP contribution in [0.1, 0.15) is 19.3 Å². The Labute approximate surface area is 161 Å². The Morgan fingerprint density at radius 1 is 0.889 bits per heavy atom. The molecule has 2 heterocycles. The molecule has 0 aliphatic carbocycles. The number of para-hydroxylation sites is 1. The first-order valence-electron chi connectivity index (χ1n) is 9.47. The molecular formula is C21H26N2O3S. The second-order valence-electron chi connectivity index (χ2n) is 7.59. The zero-order valence-electron chi connectivity index (χ0n) is 15.7. The molecule has 0 atom stereocenters. The molecule has 2 saturated heterocycles. The second kappa shape index (κ2) is 7.17. The summed E-state index contributed by atoms with van der Waals surface area (Å²) in [4.78, 5) is 2.78. The first-order chi connectivity index (χ1) is 13.0. The number of rotatable bonds is 4. The van der Waals surface area contributed by atoms with Crippen LogP contribution in [-0.2, 0) is 10.0 Å². The molecule has 144 valence electrons. The molecule has 1 spiro atoms. The van der Waals surface area contributed by atoms with Crippen LogP contribution in [0.15, 0.2) is 59.5 Å². The van der Waals surface area contributed by atoms with Gasteiger partial charge in [0.1, 0.15) is 5.75 Å². The van der Waals surface area contributed by atoms with Gasteiger partial charge in [0.05, 0.1) is 12.0 Å². The van der Waals surface area contributed by atoms with Crippen molar-refractivity contribution in [2.24, 2.45) is 5.41 Å². The fraction of sp³-hybridized carbons (Fsp3) is 0.429. The Balaban J connectivity index is 1.42. The van der Waals surface area contributed by atoms with E-state index in [0.717, 1.165) is 32.4 Å². The van der Waals surface area contributed by atoms with Crippen LogP contribution < -0.4 is 9.64 Å². The van der Waals surface area contributed by atoms with Crippen molar-refractivity contribution in [2.45, 2.75) is 24.2 Å². The highest BCUT2D eigenvalue weighted by Gasteiger charge is 2.42. The Morgan fingerprint density at radius 3 is 2.15 bits per heavy atom. The lowest BCUT2D eigenvalue weighted by Gasteiger charge is -2.38. The molecule has 2 aromatic carbocycles. The summed E-state index contributed by atoms with van der Waals surface area (Å²) in [5, 5.41) is 0. The van der Waals surface area contributed by atoms with E-state index in [2.05, 4.69) is 29.2 Å². The average Bonchev–Trinajstić information content (AvgIpc) is 3.12. The maximum atomic E-state index is 13.0. The van der Waals surface area contributed by atoms with Gasteiger partial charge in [-0.25, -0.2) is 8.42 Å². The molecule has 2 aromatic rings. The van der Waals surface area contributed by atoms with E-state index in [1.165, 1.54) is 5.69 Å². The number of anilines is 1. The molecule has 2 aliphatic rings. The molecule has 2 fully saturated rings. The summed E-state index contributed by atoms with van der Waals surface area (Å²) in [6.07, 6.45) is 2.98. The SMILES string of the molecule is COc1ccc(S(=O)(=O)N2CCC3(CCN(c4ccccc4)C3)CC2)cc1. The molecule has 0 saturated carbocycles. The molecule has 4 rings (SSSR count). The number of benzene rings is 2. The normalized spacial score (nSPS) is 20.1. The van der Waals surface area contributed by atoms with Gasteiger partial charge in [-0.2, -0.15) is 4.31 Å². The quantitative estimate of drug-likeness (QED) is 0.808. The largest absolute Gasteiger partial charge is 0.497 e. The third kappa shape index (κ3) is 3.56. The molecule has 0 bridgehead atoms. The number of hydrogen-bond donors (Lipinski definition) is 0. The summed E-state index contributed by atoms with van der Waals surface area (Å²) in [6.45, 7) is 3.26. The second-order valence-corrected chi connectivity index (χ2v) is 9.52. The van der Waals surface area contributed by atoms with Crippen LogP contribution in [0.3, 0.4) is 0 Å². The van der Waals surface area contributed by atoms with Crippen LogP contribution in [-0.4, -0.2) is 46.0 Å². The number of ether oxygens (including phenoxy) is 1. The van der Waals surface area contributed by atoms with Crippen molar-refractivity contribution >= 4 is 15.7 Å². The smallest absolute Gasteiger partial charge is 0.243 e. The van der Waals surface area contributed by atoms with Crippen LogP contribution in [0.5, 0.6) is 5.75 Å². The van der Waals surface area contributed by atoms with E-state index in [4.69, 9.17) is 4.74 Å². The average molecular weight is 387 g/mol. The van der Waals surface area contributed by atoms with E-state index >= 15 is 0 Å². The summed E-state index contributed by atoms with van der Waals surface area (Å²) in [5.74, 6) is 0.665. The van der Waals surface area contributed by atoms with Gasteiger partial charge in [-0.15, -0.1) is 0 Å². The van der Waals surface area contributed by atoms with Crippen molar-refractivity contribution in [3.05, 3.63) is 54.6 Å². The van der Waals surface area contributed by atoms with E-state index in [1.807, 2.05) is 6.07 Å². The Hall–Kier alpha value is -2.05. The maximum Gasteiger partial charge on any atom is 0.243 e.